The zero-order valence-corrected chi connectivity index (χ0v) is 13.5. The maximum Gasteiger partial charge on any atom is 0.192 e. The lowest BCUT2D eigenvalue weighted by Gasteiger charge is -2.39. The largest absolute Gasteiger partial charge is 0.411 e. The average Bonchev–Trinajstić information content (AvgIpc) is 2.97. The Balaban J connectivity index is 2.48. The van der Waals surface area contributed by atoms with E-state index in [9.17, 15) is 0 Å². The molecule has 0 aromatic rings. The first-order valence-electron chi connectivity index (χ1n) is 7.07. The van der Waals surface area contributed by atoms with Crippen LogP contribution in [0.2, 0.25) is 18.1 Å². The van der Waals surface area contributed by atoms with Crippen molar-refractivity contribution in [3.63, 3.8) is 0 Å². The van der Waals surface area contributed by atoms with E-state index in [1.54, 1.807) is 0 Å². The summed E-state index contributed by atoms with van der Waals surface area (Å²) in [5.41, 5.74) is 0. The molecule has 2 nitrogen and oxygen atoms in total. The van der Waals surface area contributed by atoms with Crippen molar-refractivity contribution in [1.82, 2.24) is 0 Å². The maximum absolute atomic E-state index is 6.49. The van der Waals surface area contributed by atoms with E-state index in [2.05, 4.69) is 40.8 Å². The molecule has 0 radical (unpaired) electrons. The van der Waals surface area contributed by atoms with Crippen LogP contribution in [0.25, 0.3) is 0 Å². The Hall–Kier alpha value is 0.137. The molecule has 0 spiro atoms. The molecule has 1 aliphatic heterocycles. The molecule has 102 valence electrons. The van der Waals surface area contributed by atoms with Crippen molar-refractivity contribution in [2.75, 3.05) is 6.61 Å². The van der Waals surface area contributed by atoms with E-state index in [0.29, 0.717) is 17.2 Å². The monoisotopic (exact) mass is 258 g/mol. The standard InChI is InChI=1S/C14H30O2Si/c1-7-8-9-10-12(13-11-15-13)16-17(5,6)14(2,3)4/h12-13H,7-11H2,1-6H3/t12-,13-/m1/s1. The summed E-state index contributed by atoms with van der Waals surface area (Å²) in [6, 6.07) is 0. The van der Waals surface area contributed by atoms with Crippen LogP contribution in [-0.4, -0.2) is 27.1 Å². The summed E-state index contributed by atoms with van der Waals surface area (Å²) >= 11 is 0. The molecule has 0 unspecified atom stereocenters. The molecule has 3 heteroatoms. The zero-order valence-electron chi connectivity index (χ0n) is 12.5. The highest BCUT2D eigenvalue weighted by atomic mass is 28.4. The Morgan fingerprint density at radius 2 is 1.88 bits per heavy atom. The van der Waals surface area contributed by atoms with Gasteiger partial charge in [0.15, 0.2) is 8.32 Å². The Morgan fingerprint density at radius 3 is 2.29 bits per heavy atom. The van der Waals surface area contributed by atoms with Gasteiger partial charge in [-0.15, -0.1) is 0 Å². The first-order valence-corrected chi connectivity index (χ1v) is 9.98. The van der Waals surface area contributed by atoms with Gasteiger partial charge in [-0.05, 0) is 24.6 Å². The van der Waals surface area contributed by atoms with Crippen LogP contribution in [0.5, 0.6) is 0 Å². The summed E-state index contributed by atoms with van der Waals surface area (Å²) in [6.45, 7) is 14.7. The van der Waals surface area contributed by atoms with Crippen LogP contribution >= 0.6 is 0 Å². The molecule has 0 N–H and O–H groups in total. The molecule has 1 saturated heterocycles. The van der Waals surface area contributed by atoms with E-state index in [1.807, 2.05) is 0 Å². The van der Waals surface area contributed by atoms with Crippen LogP contribution in [0.1, 0.15) is 53.4 Å². The van der Waals surface area contributed by atoms with Gasteiger partial charge >= 0.3 is 0 Å². The lowest BCUT2D eigenvalue weighted by molar-refractivity contribution is 0.131. The molecule has 1 aliphatic rings. The van der Waals surface area contributed by atoms with Crippen molar-refractivity contribution < 1.29 is 9.16 Å². The van der Waals surface area contributed by atoms with Gasteiger partial charge < -0.3 is 9.16 Å². The van der Waals surface area contributed by atoms with Crippen molar-refractivity contribution in [3.8, 4) is 0 Å². The molecule has 0 aromatic carbocycles. The average molecular weight is 258 g/mol. The summed E-state index contributed by atoms with van der Waals surface area (Å²) < 4.78 is 11.9. The highest BCUT2D eigenvalue weighted by Crippen LogP contribution is 2.39. The van der Waals surface area contributed by atoms with Gasteiger partial charge in [0, 0.05) is 0 Å². The molecule has 0 aromatic heterocycles. The fourth-order valence-corrected chi connectivity index (χ4v) is 3.12. The molecule has 1 rings (SSSR count). The number of epoxide rings is 1. The zero-order chi connectivity index (χ0) is 13.1. The third kappa shape index (κ3) is 4.72. The van der Waals surface area contributed by atoms with Crippen LogP contribution in [0.4, 0.5) is 0 Å². The Labute approximate surface area is 108 Å². The molecular weight excluding hydrogens is 228 g/mol. The van der Waals surface area contributed by atoms with Crippen LogP contribution in [0.15, 0.2) is 0 Å². The van der Waals surface area contributed by atoms with Crippen LogP contribution in [-0.2, 0) is 9.16 Å². The molecule has 1 heterocycles. The molecule has 1 fully saturated rings. The van der Waals surface area contributed by atoms with Crippen molar-refractivity contribution >= 4 is 8.32 Å². The highest BCUT2D eigenvalue weighted by molar-refractivity contribution is 6.74. The molecule has 2 atom stereocenters. The number of ether oxygens (including phenoxy) is 1. The quantitative estimate of drug-likeness (QED) is 0.384. The Morgan fingerprint density at radius 1 is 1.29 bits per heavy atom. The van der Waals surface area contributed by atoms with Gasteiger partial charge in [0.25, 0.3) is 0 Å². The first-order chi connectivity index (χ1) is 7.78. The van der Waals surface area contributed by atoms with Gasteiger partial charge in [0.1, 0.15) is 6.10 Å². The minimum atomic E-state index is -1.63. The predicted octanol–water partition coefficient (Wildman–Crippen LogP) is 4.36. The van der Waals surface area contributed by atoms with Crippen molar-refractivity contribution in [1.29, 1.82) is 0 Å². The Kier molecular flexibility index (Phi) is 5.23. The summed E-state index contributed by atoms with van der Waals surface area (Å²) in [5, 5.41) is 0.297. The van der Waals surface area contributed by atoms with E-state index in [0.717, 1.165) is 6.61 Å². The highest BCUT2D eigenvalue weighted by Gasteiger charge is 2.43. The number of rotatable bonds is 7. The molecular formula is C14H30O2Si. The third-order valence-electron chi connectivity index (χ3n) is 4.12. The molecule has 0 saturated carbocycles. The van der Waals surface area contributed by atoms with E-state index >= 15 is 0 Å². The first kappa shape index (κ1) is 15.2. The van der Waals surface area contributed by atoms with Crippen LogP contribution < -0.4 is 0 Å². The minimum Gasteiger partial charge on any atom is -0.411 e. The fourth-order valence-electron chi connectivity index (χ4n) is 1.74. The number of hydrogen-bond donors (Lipinski definition) is 0. The van der Waals surface area contributed by atoms with Crippen LogP contribution in [0, 0.1) is 0 Å². The van der Waals surface area contributed by atoms with Crippen molar-refractivity contribution in [3.05, 3.63) is 0 Å². The lowest BCUT2D eigenvalue weighted by Crippen LogP contribution is -2.45. The number of unbranched alkanes of at least 4 members (excludes halogenated alkanes) is 2. The van der Waals surface area contributed by atoms with Gasteiger partial charge in [-0.1, -0.05) is 47.0 Å². The van der Waals surface area contributed by atoms with Gasteiger partial charge in [-0.2, -0.15) is 0 Å². The molecule has 0 bridgehead atoms. The topological polar surface area (TPSA) is 21.8 Å². The minimum absolute atomic E-state index is 0.297. The summed E-state index contributed by atoms with van der Waals surface area (Å²) in [7, 11) is -1.63. The lowest BCUT2D eigenvalue weighted by atomic mass is 10.1. The maximum atomic E-state index is 6.49. The molecule has 0 amide bonds. The third-order valence-corrected chi connectivity index (χ3v) is 8.62. The van der Waals surface area contributed by atoms with E-state index < -0.39 is 8.32 Å². The molecule has 0 aliphatic carbocycles. The second kappa shape index (κ2) is 5.85. The van der Waals surface area contributed by atoms with E-state index in [1.165, 1.54) is 25.7 Å². The summed E-state index contributed by atoms with van der Waals surface area (Å²) in [5.74, 6) is 0. The van der Waals surface area contributed by atoms with E-state index in [-0.39, 0.29) is 0 Å². The smallest absolute Gasteiger partial charge is 0.192 e. The summed E-state index contributed by atoms with van der Waals surface area (Å²) in [6.07, 6.45) is 5.77. The van der Waals surface area contributed by atoms with Gasteiger partial charge in [0.2, 0.25) is 0 Å². The fraction of sp³-hybridized carbons (Fsp3) is 1.00. The molecule has 17 heavy (non-hydrogen) atoms. The van der Waals surface area contributed by atoms with Gasteiger partial charge in [-0.3, -0.25) is 0 Å². The summed E-state index contributed by atoms with van der Waals surface area (Å²) in [4.78, 5) is 0. The van der Waals surface area contributed by atoms with E-state index in [4.69, 9.17) is 9.16 Å². The Bertz CT molecular complexity index is 229. The van der Waals surface area contributed by atoms with Crippen molar-refractivity contribution in [2.45, 2.75) is 83.7 Å². The SMILES string of the molecule is CCCCC[C@@H](O[Si](C)(C)C(C)(C)C)[C@H]1CO1. The van der Waals surface area contributed by atoms with Gasteiger partial charge in [0.05, 0.1) is 12.7 Å². The second-order valence-electron chi connectivity index (χ2n) is 6.78. The second-order valence-corrected chi connectivity index (χ2v) is 11.5. The van der Waals surface area contributed by atoms with Gasteiger partial charge in [-0.25, -0.2) is 0 Å². The predicted molar refractivity (Wildman–Crippen MR) is 76.0 cm³/mol. The normalized spacial score (nSPS) is 22.6. The van der Waals surface area contributed by atoms with Crippen molar-refractivity contribution in [2.24, 2.45) is 0 Å². The number of hydrogen-bond acceptors (Lipinski definition) is 2. The van der Waals surface area contributed by atoms with Crippen LogP contribution in [0.3, 0.4) is 0 Å².